The summed E-state index contributed by atoms with van der Waals surface area (Å²) in [5.41, 5.74) is 2.53. The largest absolute Gasteiger partial charge is 0.324 e. The van der Waals surface area contributed by atoms with E-state index in [1.54, 1.807) is 18.2 Å². The highest BCUT2D eigenvalue weighted by Crippen LogP contribution is 2.32. The second-order valence-corrected chi connectivity index (χ2v) is 9.22. The molecule has 3 aliphatic rings. The van der Waals surface area contributed by atoms with Crippen molar-refractivity contribution in [2.75, 3.05) is 25.5 Å². The molecule has 2 fully saturated rings. The fraction of sp³-hybridized carbons (Fsp3) is 0.478. The van der Waals surface area contributed by atoms with Crippen molar-refractivity contribution in [3.05, 3.63) is 41.2 Å². The number of nitrogens with zero attached hydrogens (tertiary/aromatic N) is 5. The highest BCUT2D eigenvalue weighted by Gasteiger charge is 2.40. The average molecular weight is 466 g/mol. The first kappa shape index (κ1) is 22.2. The van der Waals surface area contributed by atoms with Crippen molar-refractivity contribution in [1.29, 1.82) is 0 Å². The van der Waals surface area contributed by atoms with Crippen molar-refractivity contribution in [2.45, 2.75) is 50.7 Å². The second kappa shape index (κ2) is 8.98. The van der Waals surface area contributed by atoms with Crippen LogP contribution in [0.4, 0.5) is 5.69 Å². The second-order valence-electron chi connectivity index (χ2n) is 9.22. The summed E-state index contributed by atoms with van der Waals surface area (Å²) in [6, 6.07) is 4.42. The van der Waals surface area contributed by atoms with Gasteiger partial charge in [-0.25, -0.2) is 4.68 Å². The van der Waals surface area contributed by atoms with Crippen LogP contribution in [-0.4, -0.2) is 74.6 Å². The van der Waals surface area contributed by atoms with E-state index in [1.165, 1.54) is 9.58 Å². The van der Waals surface area contributed by atoms with Gasteiger partial charge in [0.1, 0.15) is 12.6 Å². The predicted octanol–water partition coefficient (Wildman–Crippen LogP) is 0.487. The lowest BCUT2D eigenvalue weighted by molar-refractivity contribution is -0.137. The van der Waals surface area contributed by atoms with Crippen molar-refractivity contribution in [1.82, 2.24) is 30.1 Å². The minimum absolute atomic E-state index is 0.00400. The molecule has 34 heavy (non-hydrogen) atoms. The first-order chi connectivity index (χ1) is 16.4. The number of nitrogens with one attached hydrogen (secondary N) is 2. The van der Waals surface area contributed by atoms with E-state index in [1.807, 2.05) is 6.20 Å². The Labute approximate surface area is 196 Å². The molecule has 2 N–H and O–H groups in total. The van der Waals surface area contributed by atoms with Crippen molar-refractivity contribution >= 4 is 29.3 Å². The predicted molar refractivity (Wildman–Crippen MR) is 121 cm³/mol. The topological polar surface area (TPSA) is 130 Å². The summed E-state index contributed by atoms with van der Waals surface area (Å²) in [5, 5.41) is 13.6. The Morgan fingerprint density at radius 1 is 1.24 bits per heavy atom. The highest BCUT2D eigenvalue weighted by molar-refractivity contribution is 6.06. The van der Waals surface area contributed by atoms with E-state index in [0.717, 1.165) is 31.6 Å². The number of likely N-dealkylation sites (tertiary alicyclic amines) is 1. The molecule has 0 spiro atoms. The van der Waals surface area contributed by atoms with Gasteiger partial charge in [-0.05, 0) is 45.0 Å². The first-order valence-corrected chi connectivity index (χ1v) is 11.5. The smallest absolute Gasteiger partial charge is 0.255 e. The minimum Gasteiger partial charge on any atom is -0.324 e. The van der Waals surface area contributed by atoms with E-state index in [4.69, 9.17) is 0 Å². The Bertz CT molecular complexity index is 1160. The zero-order valence-electron chi connectivity index (χ0n) is 19.0. The number of rotatable bonds is 5. The lowest BCUT2D eigenvalue weighted by Crippen LogP contribution is -2.52. The summed E-state index contributed by atoms with van der Waals surface area (Å²) >= 11 is 0. The molecule has 2 atom stereocenters. The molecule has 0 radical (unpaired) electrons. The number of piperidine rings is 2. The number of hydrogen-bond donors (Lipinski definition) is 2. The number of aromatic nitrogens is 3. The van der Waals surface area contributed by atoms with Crippen LogP contribution in [0, 0.1) is 0 Å². The van der Waals surface area contributed by atoms with Gasteiger partial charge in [0.05, 0.1) is 5.69 Å². The molecular weight excluding hydrogens is 438 g/mol. The third kappa shape index (κ3) is 4.30. The zero-order chi connectivity index (χ0) is 23.8. The fourth-order valence-electron chi connectivity index (χ4n) is 5.03. The van der Waals surface area contributed by atoms with E-state index in [2.05, 4.69) is 32.9 Å². The van der Waals surface area contributed by atoms with Crippen LogP contribution in [0.25, 0.3) is 0 Å². The highest BCUT2D eigenvalue weighted by atomic mass is 16.2. The third-order valence-electron chi connectivity index (χ3n) is 6.76. The third-order valence-corrected chi connectivity index (χ3v) is 6.76. The molecule has 3 aliphatic heterocycles. The van der Waals surface area contributed by atoms with Crippen molar-refractivity contribution < 1.29 is 19.2 Å². The van der Waals surface area contributed by atoms with Gasteiger partial charge in [0, 0.05) is 48.4 Å². The number of imide groups is 1. The van der Waals surface area contributed by atoms with Crippen molar-refractivity contribution in [3.8, 4) is 0 Å². The van der Waals surface area contributed by atoms with Gasteiger partial charge < -0.3 is 15.1 Å². The summed E-state index contributed by atoms with van der Waals surface area (Å²) in [7, 11) is 2.09. The van der Waals surface area contributed by atoms with E-state index < -0.39 is 11.9 Å². The molecule has 1 aromatic heterocycles. The number of hydrogen-bond acceptors (Lipinski definition) is 7. The summed E-state index contributed by atoms with van der Waals surface area (Å²) in [6.45, 7) is 2.21. The number of likely N-dealkylation sites (N-methyl/N-ethyl adjacent to an activating group) is 1. The van der Waals surface area contributed by atoms with E-state index >= 15 is 0 Å². The maximum Gasteiger partial charge on any atom is 0.255 e. The maximum atomic E-state index is 13.0. The summed E-state index contributed by atoms with van der Waals surface area (Å²) in [5.74, 6) is -1.03. The average Bonchev–Trinajstić information content (AvgIpc) is 3.39. The number of amides is 4. The van der Waals surface area contributed by atoms with Crippen LogP contribution >= 0.6 is 0 Å². The van der Waals surface area contributed by atoms with Gasteiger partial charge in [0.25, 0.3) is 5.91 Å². The lowest BCUT2D eigenvalue weighted by atomic mass is 9.96. The number of anilines is 1. The van der Waals surface area contributed by atoms with Crippen LogP contribution in [0.2, 0.25) is 0 Å². The molecule has 0 saturated carbocycles. The Morgan fingerprint density at radius 2 is 2.09 bits per heavy atom. The van der Waals surface area contributed by atoms with Crippen LogP contribution < -0.4 is 10.6 Å². The molecule has 2 unspecified atom stereocenters. The number of carbonyl (C=O) groups excluding carboxylic acids is 4. The first-order valence-electron chi connectivity index (χ1n) is 11.5. The van der Waals surface area contributed by atoms with E-state index in [9.17, 15) is 19.2 Å². The molecule has 5 rings (SSSR count). The van der Waals surface area contributed by atoms with Crippen LogP contribution in [0.3, 0.4) is 0 Å². The van der Waals surface area contributed by atoms with Gasteiger partial charge >= 0.3 is 0 Å². The Hall–Kier alpha value is -3.60. The molecule has 4 heterocycles. The van der Waals surface area contributed by atoms with Crippen LogP contribution in [-0.2, 0) is 27.5 Å². The molecule has 11 heteroatoms. The van der Waals surface area contributed by atoms with Crippen LogP contribution in [0.5, 0.6) is 0 Å². The van der Waals surface area contributed by atoms with E-state index in [-0.39, 0.29) is 43.7 Å². The van der Waals surface area contributed by atoms with Crippen molar-refractivity contribution in [2.24, 2.45) is 0 Å². The molecule has 1 aromatic carbocycles. The molecule has 4 amide bonds. The summed E-state index contributed by atoms with van der Waals surface area (Å²) in [4.78, 5) is 53.2. The van der Waals surface area contributed by atoms with Gasteiger partial charge in [0.15, 0.2) is 0 Å². The zero-order valence-corrected chi connectivity index (χ0v) is 19.0. The van der Waals surface area contributed by atoms with Gasteiger partial charge in [-0.15, -0.1) is 5.10 Å². The summed E-state index contributed by atoms with van der Waals surface area (Å²) in [6.07, 6.45) is 4.48. The molecule has 11 nitrogen and oxygen atoms in total. The molecule has 2 saturated heterocycles. The standard InChI is InChI=1S/C23H27N7O4/c1-28-9-3-4-14(10-28)18-12-29(27-26-18)13-21(32)24-17-6-2-5-15-16(17)11-30(23(15)34)19-7-8-20(31)25-22(19)33/h2,5-6,12,14,19H,3-4,7-11,13H2,1H3,(H,24,32)(H,25,31,33). The van der Waals surface area contributed by atoms with E-state index in [0.29, 0.717) is 22.7 Å². The number of benzene rings is 1. The normalized spacial score (nSPS) is 23.1. The van der Waals surface area contributed by atoms with Gasteiger partial charge in [-0.1, -0.05) is 11.3 Å². The Balaban J connectivity index is 1.26. The van der Waals surface area contributed by atoms with Gasteiger partial charge in [0.2, 0.25) is 17.7 Å². The van der Waals surface area contributed by atoms with Gasteiger partial charge in [-0.3, -0.25) is 24.5 Å². The summed E-state index contributed by atoms with van der Waals surface area (Å²) < 4.78 is 1.53. The number of fused-ring (bicyclic) bond motifs is 1. The van der Waals surface area contributed by atoms with Gasteiger partial charge in [-0.2, -0.15) is 0 Å². The van der Waals surface area contributed by atoms with Crippen LogP contribution in [0.15, 0.2) is 24.4 Å². The molecule has 178 valence electrons. The maximum absolute atomic E-state index is 13.0. The lowest BCUT2D eigenvalue weighted by Gasteiger charge is -2.29. The minimum atomic E-state index is -0.700. The SMILES string of the molecule is CN1CCCC(c2cn(CC(=O)Nc3cccc4c3CN(C3CCC(=O)NC3=O)C4=O)nn2)C1. The monoisotopic (exact) mass is 465 g/mol. The van der Waals surface area contributed by atoms with Crippen LogP contribution in [0.1, 0.15) is 53.2 Å². The molecule has 0 bridgehead atoms. The number of carbonyl (C=O) groups is 4. The Kier molecular flexibility index (Phi) is 5.86. The molecular formula is C23H27N7O4. The quantitative estimate of drug-likeness (QED) is 0.615. The van der Waals surface area contributed by atoms with Crippen molar-refractivity contribution in [3.63, 3.8) is 0 Å². The molecule has 0 aliphatic carbocycles. The Morgan fingerprint density at radius 3 is 2.88 bits per heavy atom. The fourth-order valence-corrected chi connectivity index (χ4v) is 5.03. The molecule has 2 aromatic rings.